The van der Waals surface area contributed by atoms with Crippen molar-refractivity contribution in [3.63, 3.8) is 0 Å². The number of phosphoric ester groups is 1. The molecule has 7 rings (SSSR count). The number of hydrogen-bond donors (Lipinski definition) is 1. The van der Waals surface area contributed by atoms with Crippen LogP contribution >= 0.6 is 7.82 Å². The van der Waals surface area contributed by atoms with Crippen molar-refractivity contribution in [1.29, 1.82) is 0 Å². The minimum atomic E-state index is -4.08. The van der Waals surface area contributed by atoms with Crippen LogP contribution < -0.4 is 0 Å². The molecule has 7 aliphatic rings. The summed E-state index contributed by atoms with van der Waals surface area (Å²) in [5.74, 6) is 6.14. The van der Waals surface area contributed by atoms with Gasteiger partial charge in [-0.2, -0.15) is 0 Å². The summed E-state index contributed by atoms with van der Waals surface area (Å²) in [5.41, 5.74) is 0. The van der Waals surface area contributed by atoms with Gasteiger partial charge in [0, 0.05) is 0 Å². The van der Waals surface area contributed by atoms with Crippen molar-refractivity contribution in [2.45, 2.75) is 141 Å². The fraction of sp³-hybridized carbons (Fsp3) is 1.00. The van der Waals surface area contributed by atoms with Gasteiger partial charge in [-0.1, -0.05) is 103 Å². The first-order valence-electron chi connectivity index (χ1n) is 16.8. The van der Waals surface area contributed by atoms with Crippen LogP contribution in [0.4, 0.5) is 0 Å². The quantitative estimate of drug-likeness (QED) is 0.361. The van der Waals surface area contributed by atoms with E-state index in [1.807, 2.05) is 0 Å². The highest BCUT2D eigenvalue weighted by Crippen LogP contribution is 2.66. The Labute approximate surface area is 226 Å². The van der Waals surface area contributed by atoms with Crippen molar-refractivity contribution >= 4 is 7.82 Å². The van der Waals surface area contributed by atoms with E-state index in [1.165, 1.54) is 128 Å². The van der Waals surface area contributed by atoms with Gasteiger partial charge in [-0.15, -0.1) is 0 Å². The summed E-state index contributed by atoms with van der Waals surface area (Å²) in [6, 6.07) is 0. The first-order valence-corrected chi connectivity index (χ1v) is 18.3. The molecule has 6 saturated carbocycles. The van der Waals surface area contributed by atoms with E-state index in [1.54, 1.807) is 0 Å². The Morgan fingerprint density at radius 3 is 1.24 bits per heavy atom. The highest BCUT2D eigenvalue weighted by atomic mass is 31.2. The highest BCUT2D eigenvalue weighted by Gasteiger charge is 2.62. The lowest BCUT2D eigenvalue weighted by atomic mass is 9.48. The van der Waals surface area contributed by atoms with E-state index in [0.29, 0.717) is 47.3 Å². The van der Waals surface area contributed by atoms with Gasteiger partial charge in [0.25, 0.3) is 0 Å². The van der Waals surface area contributed by atoms with Crippen LogP contribution in [0.25, 0.3) is 0 Å². The minimum Gasteiger partial charge on any atom is -0.302 e. The average Bonchev–Trinajstić information content (AvgIpc) is 3.06. The molecule has 37 heavy (non-hydrogen) atoms. The molecule has 7 fully saturated rings. The van der Waals surface area contributed by atoms with Crippen LogP contribution in [-0.2, 0) is 13.6 Å². The third kappa shape index (κ3) is 4.95. The lowest BCUT2D eigenvalue weighted by Crippen LogP contribution is -2.57. The second-order valence-corrected chi connectivity index (χ2v) is 16.1. The molecule has 11 atom stereocenters. The molecule has 210 valence electrons. The molecule has 0 aromatic heterocycles. The molecule has 0 aromatic carbocycles. The Hall–Kier alpha value is 0.110. The Kier molecular flexibility index (Phi) is 7.62. The third-order valence-electron chi connectivity index (χ3n) is 13.1. The molecule has 1 N–H and O–H groups in total. The van der Waals surface area contributed by atoms with Gasteiger partial charge in [-0.25, -0.2) is 4.57 Å². The van der Waals surface area contributed by atoms with E-state index in [2.05, 4.69) is 0 Å². The second-order valence-electron chi connectivity index (χ2n) is 14.8. The van der Waals surface area contributed by atoms with Gasteiger partial charge < -0.3 is 4.89 Å². The molecule has 0 spiro atoms. The lowest BCUT2D eigenvalue weighted by Gasteiger charge is -2.58. The molecule has 5 heteroatoms. The fourth-order valence-electron chi connectivity index (χ4n) is 11.8. The minimum absolute atomic E-state index is 0.0547. The summed E-state index contributed by atoms with van der Waals surface area (Å²) in [7, 11) is -4.08. The molecule has 1 heterocycles. The SMILES string of the molecule is O=P1(O)OC2C(C3C(O1)[C@H](C1CCCCC1)C[C@@H]1CCCC[C@H]31)[C@@H]1CCCC[C@@H]1C[C@@H]2C1CCCCC1. The second kappa shape index (κ2) is 10.8. The van der Waals surface area contributed by atoms with Crippen LogP contribution in [0.5, 0.6) is 0 Å². The first kappa shape index (κ1) is 26.0. The van der Waals surface area contributed by atoms with Gasteiger partial charge in [0.2, 0.25) is 0 Å². The molecule has 6 aliphatic carbocycles. The molecule has 5 unspecified atom stereocenters. The van der Waals surface area contributed by atoms with Gasteiger partial charge >= 0.3 is 7.82 Å². The Morgan fingerprint density at radius 2 is 0.811 bits per heavy atom. The van der Waals surface area contributed by atoms with E-state index >= 15 is 0 Å². The standard InChI is InChI=1S/C32H53O4P/c33-37(34)35-31-27(21-11-3-1-4-12-21)19-23-15-7-9-17-25(23)29(31)30-26-18-10-8-16-24(26)20-28(32(30)36-37)22-13-5-2-6-14-22/h21-32H,1-20H2,(H,33,34)/t23-,24+,25-,26+,27-,28+,29?,30?,31?,32?. The summed E-state index contributed by atoms with van der Waals surface area (Å²) in [6.45, 7) is 0. The molecule has 0 radical (unpaired) electrons. The molecular weight excluding hydrogens is 479 g/mol. The van der Waals surface area contributed by atoms with Crippen LogP contribution in [0.3, 0.4) is 0 Å². The number of hydrogen-bond acceptors (Lipinski definition) is 3. The maximum absolute atomic E-state index is 13.9. The van der Waals surface area contributed by atoms with E-state index in [-0.39, 0.29) is 12.2 Å². The average molecular weight is 533 g/mol. The number of rotatable bonds is 2. The number of fused-ring (bicyclic) bond motifs is 7. The van der Waals surface area contributed by atoms with Crippen molar-refractivity contribution in [1.82, 2.24) is 0 Å². The molecule has 1 aliphatic heterocycles. The molecule has 0 bridgehead atoms. The smallest absolute Gasteiger partial charge is 0.302 e. The molecule has 0 amide bonds. The molecule has 1 saturated heterocycles. The topological polar surface area (TPSA) is 55.8 Å². The molecular formula is C32H53O4P. The zero-order valence-corrected chi connectivity index (χ0v) is 24.1. The Morgan fingerprint density at radius 1 is 0.459 bits per heavy atom. The zero-order chi connectivity index (χ0) is 25.0. The first-order chi connectivity index (χ1) is 18.1. The monoisotopic (exact) mass is 532 g/mol. The van der Waals surface area contributed by atoms with Gasteiger partial charge in [0.1, 0.15) is 0 Å². The predicted octanol–water partition coefficient (Wildman–Crippen LogP) is 8.92. The summed E-state index contributed by atoms with van der Waals surface area (Å²) in [4.78, 5) is 11.4. The van der Waals surface area contributed by atoms with Crippen molar-refractivity contribution in [3.05, 3.63) is 0 Å². The Balaban J connectivity index is 1.31. The fourth-order valence-corrected chi connectivity index (χ4v) is 13.0. The summed E-state index contributed by atoms with van der Waals surface area (Å²) in [5, 5.41) is 0. The highest BCUT2D eigenvalue weighted by molar-refractivity contribution is 7.47. The van der Waals surface area contributed by atoms with Gasteiger partial charge in [-0.05, 0) is 84.9 Å². The number of phosphoric acid groups is 1. The predicted molar refractivity (Wildman–Crippen MR) is 147 cm³/mol. The van der Waals surface area contributed by atoms with Crippen molar-refractivity contribution < 1.29 is 18.5 Å². The zero-order valence-electron chi connectivity index (χ0n) is 23.2. The van der Waals surface area contributed by atoms with Crippen molar-refractivity contribution in [3.8, 4) is 0 Å². The summed E-state index contributed by atoms with van der Waals surface area (Å²) < 4.78 is 26.9. The third-order valence-corrected chi connectivity index (χ3v) is 14.2. The maximum atomic E-state index is 13.9. The van der Waals surface area contributed by atoms with Gasteiger partial charge in [0.05, 0.1) is 12.2 Å². The van der Waals surface area contributed by atoms with Crippen LogP contribution in [0.15, 0.2) is 0 Å². The maximum Gasteiger partial charge on any atom is 0.472 e. The van der Waals surface area contributed by atoms with Crippen LogP contribution in [0, 0.1) is 59.2 Å². The van der Waals surface area contributed by atoms with E-state index in [0.717, 1.165) is 11.8 Å². The van der Waals surface area contributed by atoms with E-state index < -0.39 is 7.82 Å². The Bertz CT molecular complexity index is 771. The van der Waals surface area contributed by atoms with E-state index in [4.69, 9.17) is 9.05 Å². The normalized spacial score (nSPS) is 51.7. The van der Waals surface area contributed by atoms with Gasteiger partial charge in [0.15, 0.2) is 0 Å². The largest absolute Gasteiger partial charge is 0.472 e. The molecule has 4 nitrogen and oxygen atoms in total. The van der Waals surface area contributed by atoms with Crippen LogP contribution in [0.2, 0.25) is 0 Å². The van der Waals surface area contributed by atoms with Gasteiger partial charge in [-0.3, -0.25) is 9.05 Å². The lowest BCUT2D eigenvalue weighted by molar-refractivity contribution is -0.137. The van der Waals surface area contributed by atoms with Crippen LogP contribution in [0.1, 0.15) is 128 Å². The molecule has 0 aromatic rings. The van der Waals surface area contributed by atoms with Crippen LogP contribution in [-0.4, -0.2) is 17.1 Å². The summed E-state index contributed by atoms with van der Waals surface area (Å²) in [6.07, 6.45) is 26.5. The van der Waals surface area contributed by atoms with Crippen molar-refractivity contribution in [2.75, 3.05) is 0 Å². The summed E-state index contributed by atoms with van der Waals surface area (Å²) >= 11 is 0. The van der Waals surface area contributed by atoms with E-state index in [9.17, 15) is 9.46 Å². The van der Waals surface area contributed by atoms with Crippen molar-refractivity contribution in [2.24, 2.45) is 59.2 Å².